The highest BCUT2D eigenvalue weighted by Gasteiger charge is 2.23. The van der Waals surface area contributed by atoms with E-state index in [9.17, 15) is 14.4 Å². The predicted molar refractivity (Wildman–Crippen MR) is 118 cm³/mol. The molecule has 2 amide bonds. The third-order valence-electron chi connectivity index (χ3n) is 5.20. The molecule has 0 atom stereocenters. The molecule has 1 aliphatic heterocycles. The molecule has 0 aliphatic carbocycles. The quantitative estimate of drug-likeness (QED) is 0.500. The summed E-state index contributed by atoms with van der Waals surface area (Å²) in [4.78, 5) is 37.9. The fourth-order valence-electron chi connectivity index (χ4n) is 3.40. The number of hydrogen-bond donors (Lipinski definition) is 1. The molecule has 2 aromatic carbocycles. The van der Waals surface area contributed by atoms with Crippen molar-refractivity contribution in [1.82, 2.24) is 10.2 Å². The van der Waals surface area contributed by atoms with Gasteiger partial charge in [0.15, 0.2) is 6.61 Å². The van der Waals surface area contributed by atoms with Gasteiger partial charge in [0.05, 0.1) is 6.61 Å². The fourth-order valence-corrected chi connectivity index (χ4v) is 3.40. The van der Waals surface area contributed by atoms with Crippen LogP contribution in [-0.2, 0) is 9.53 Å². The lowest BCUT2D eigenvalue weighted by Gasteiger charge is -2.32. The monoisotopic (exact) mass is 440 g/mol. The highest BCUT2D eigenvalue weighted by atomic mass is 16.7. The molecule has 1 saturated heterocycles. The summed E-state index contributed by atoms with van der Waals surface area (Å²) >= 11 is 0. The number of nitrogens with zero attached hydrogens (tertiary/aromatic N) is 1. The molecule has 0 spiro atoms. The van der Waals surface area contributed by atoms with Gasteiger partial charge in [0.2, 0.25) is 0 Å². The molecule has 8 nitrogen and oxygen atoms in total. The van der Waals surface area contributed by atoms with Crippen LogP contribution in [0, 0.1) is 5.92 Å². The standard InChI is InChI=1S/C24H28N2O6/c1-2-30-24(29)32-21-10-8-19(9-11-21)23(28)25-16-18-12-14-26(15-13-18)22(27)17-31-20-6-4-3-5-7-20/h3-11,18H,2,12-17H2,1H3,(H,25,28). The lowest BCUT2D eigenvalue weighted by Crippen LogP contribution is -2.43. The van der Waals surface area contributed by atoms with Crippen LogP contribution < -0.4 is 14.8 Å². The SMILES string of the molecule is CCOC(=O)Oc1ccc(C(=O)NCC2CCN(C(=O)COc3ccccc3)CC2)cc1. The van der Waals surface area contributed by atoms with E-state index in [4.69, 9.17) is 14.2 Å². The number of likely N-dealkylation sites (tertiary alicyclic amines) is 1. The van der Waals surface area contributed by atoms with E-state index in [1.807, 2.05) is 35.2 Å². The van der Waals surface area contributed by atoms with E-state index in [0.29, 0.717) is 42.6 Å². The molecule has 8 heteroatoms. The van der Waals surface area contributed by atoms with Gasteiger partial charge in [0.25, 0.3) is 11.8 Å². The molecule has 170 valence electrons. The second kappa shape index (κ2) is 11.7. The third kappa shape index (κ3) is 7.01. The van der Waals surface area contributed by atoms with Crippen LogP contribution in [0.1, 0.15) is 30.1 Å². The van der Waals surface area contributed by atoms with Crippen LogP contribution in [0.25, 0.3) is 0 Å². The summed E-state index contributed by atoms with van der Waals surface area (Å²) in [6.07, 6.45) is 0.869. The Morgan fingerprint density at radius 2 is 1.66 bits per heavy atom. The van der Waals surface area contributed by atoms with Crippen molar-refractivity contribution in [2.45, 2.75) is 19.8 Å². The predicted octanol–water partition coefficient (Wildman–Crippen LogP) is 3.27. The number of nitrogens with one attached hydrogen (secondary N) is 1. The van der Waals surface area contributed by atoms with Crippen molar-refractivity contribution in [3.8, 4) is 11.5 Å². The van der Waals surface area contributed by atoms with E-state index < -0.39 is 6.16 Å². The third-order valence-corrected chi connectivity index (χ3v) is 5.20. The van der Waals surface area contributed by atoms with Crippen molar-refractivity contribution >= 4 is 18.0 Å². The lowest BCUT2D eigenvalue weighted by molar-refractivity contribution is -0.134. The summed E-state index contributed by atoms with van der Waals surface area (Å²) in [6.45, 7) is 3.79. The summed E-state index contributed by atoms with van der Waals surface area (Å²) in [7, 11) is 0. The van der Waals surface area contributed by atoms with Gasteiger partial charge < -0.3 is 24.4 Å². The Hall–Kier alpha value is -3.55. The zero-order valence-corrected chi connectivity index (χ0v) is 18.1. The normalized spacial score (nSPS) is 13.8. The molecular weight excluding hydrogens is 412 g/mol. The largest absolute Gasteiger partial charge is 0.513 e. The average Bonchev–Trinajstić information content (AvgIpc) is 2.82. The van der Waals surface area contributed by atoms with Gasteiger partial charge in [0, 0.05) is 25.2 Å². The molecule has 32 heavy (non-hydrogen) atoms. The van der Waals surface area contributed by atoms with Crippen LogP contribution in [-0.4, -0.2) is 55.7 Å². The Balaban J connectivity index is 1.36. The molecule has 1 heterocycles. The van der Waals surface area contributed by atoms with Gasteiger partial charge in [-0.05, 0) is 62.1 Å². The lowest BCUT2D eigenvalue weighted by atomic mass is 9.96. The van der Waals surface area contributed by atoms with E-state index in [-0.39, 0.29) is 25.0 Å². The van der Waals surface area contributed by atoms with E-state index in [1.54, 1.807) is 31.2 Å². The van der Waals surface area contributed by atoms with Crippen LogP contribution in [0.4, 0.5) is 4.79 Å². The summed E-state index contributed by atoms with van der Waals surface area (Å²) in [5, 5.41) is 2.94. The van der Waals surface area contributed by atoms with Crippen molar-refractivity contribution in [1.29, 1.82) is 0 Å². The first-order chi connectivity index (χ1) is 15.5. The number of carbonyl (C=O) groups is 3. The van der Waals surface area contributed by atoms with Crippen molar-refractivity contribution in [3.63, 3.8) is 0 Å². The summed E-state index contributed by atoms with van der Waals surface area (Å²) in [5.74, 6) is 1.08. The highest BCUT2D eigenvalue weighted by molar-refractivity contribution is 5.94. The number of amides is 2. The van der Waals surface area contributed by atoms with Crippen molar-refractivity contribution in [3.05, 3.63) is 60.2 Å². The van der Waals surface area contributed by atoms with Crippen LogP contribution in [0.15, 0.2) is 54.6 Å². The Morgan fingerprint density at radius 3 is 2.31 bits per heavy atom. The van der Waals surface area contributed by atoms with Gasteiger partial charge in [-0.25, -0.2) is 4.79 Å². The van der Waals surface area contributed by atoms with E-state index in [1.165, 1.54) is 0 Å². The van der Waals surface area contributed by atoms with Crippen molar-refractivity contribution < 1.29 is 28.6 Å². The Bertz CT molecular complexity index is 892. The molecular formula is C24H28N2O6. The first-order valence-corrected chi connectivity index (χ1v) is 10.7. The summed E-state index contributed by atoms with van der Waals surface area (Å²) in [5.41, 5.74) is 0.479. The maximum Gasteiger partial charge on any atom is 0.513 e. The maximum absolute atomic E-state index is 12.4. The molecule has 0 radical (unpaired) electrons. The minimum atomic E-state index is -0.777. The number of para-hydroxylation sites is 1. The molecule has 1 N–H and O–H groups in total. The van der Waals surface area contributed by atoms with Crippen LogP contribution in [0.3, 0.4) is 0 Å². The molecule has 1 fully saturated rings. The van der Waals surface area contributed by atoms with Gasteiger partial charge in [0.1, 0.15) is 11.5 Å². The van der Waals surface area contributed by atoms with Crippen LogP contribution in [0.5, 0.6) is 11.5 Å². The van der Waals surface area contributed by atoms with Gasteiger partial charge in [-0.1, -0.05) is 18.2 Å². The maximum atomic E-state index is 12.4. The number of benzene rings is 2. The number of rotatable bonds is 8. The minimum Gasteiger partial charge on any atom is -0.484 e. The average molecular weight is 440 g/mol. The van der Waals surface area contributed by atoms with Gasteiger partial charge in [-0.15, -0.1) is 0 Å². The fraction of sp³-hybridized carbons (Fsp3) is 0.375. The Morgan fingerprint density at radius 1 is 0.969 bits per heavy atom. The smallest absolute Gasteiger partial charge is 0.484 e. The van der Waals surface area contributed by atoms with Gasteiger partial charge in [-0.3, -0.25) is 9.59 Å². The van der Waals surface area contributed by atoms with E-state index in [2.05, 4.69) is 5.32 Å². The molecule has 0 saturated carbocycles. The second-order valence-corrected chi connectivity index (χ2v) is 7.45. The molecule has 3 rings (SSSR count). The Labute approximate surface area is 187 Å². The molecule has 0 aromatic heterocycles. The molecule has 2 aromatic rings. The topological polar surface area (TPSA) is 94.2 Å². The summed E-state index contributed by atoms with van der Waals surface area (Å²) in [6, 6.07) is 15.6. The second-order valence-electron chi connectivity index (χ2n) is 7.45. The zero-order chi connectivity index (χ0) is 22.8. The summed E-state index contributed by atoms with van der Waals surface area (Å²) < 4.78 is 15.2. The zero-order valence-electron chi connectivity index (χ0n) is 18.1. The number of carbonyl (C=O) groups excluding carboxylic acids is 3. The van der Waals surface area contributed by atoms with Crippen LogP contribution >= 0.6 is 0 Å². The van der Waals surface area contributed by atoms with Crippen molar-refractivity contribution in [2.75, 3.05) is 32.8 Å². The van der Waals surface area contributed by atoms with Crippen LogP contribution in [0.2, 0.25) is 0 Å². The Kier molecular flexibility index (Phi) is 8.48. The number of piperidine rings is 1. The highest BCUT2D eigenvalue weighted by Crippen LogP contribution is 2.18. The number of ether oxygens (including phenoxy) is 3. The molecule has 0 bridgehead atoms. The van der Waals surface area contributed by atoms with Gasteiger partial charge >= 0.3 is 6.16 Å². The van der Waals surface area contributed by atoms with Crippen molar-refractivity contribution in [2.24, 2.45) is 5.92 Å². The first-order valence-electron chi connectivity index (χ1n) is 10.7. The first kappa shape index (κ1) is 23.1. The molecule has 1 aliphatic rings. The van der Waals surface area contributed by atoms with E-state index >= 15 is 0 Å². The van der Waals surface area contributed by atoms with Gasteiger partial charge in [-0.2, -0.15) is 0 Å². The van der Waals surface area contributed by atoms with E-state index in [0.717, 1.165) is 12.8 Å². The minimum absolute atomic E-state index is 0.0264. The number of hydrogen-bond acceptors (Lipinski definition) is 6. The molecule has 0 unspecified atom stereocenters.